The summed E-state index contributed by atoms with van der Waals surface area (Å²) in [6.45, 7) is 3.58. The van der Waals surface area contributed by atoms with Crippen LogP contribution in [-0.4, -0.2) is 37.0 Å². The van der Waals surface area contributed by atoms with Crippen LogP contribution in [0.4, 0.5) is 4.39 Å². The van der Waals surface area contributed by atoms with E-state index in [-0.39, 0.29) is 29.1 Å². The van der Waals surface area contributed by atoms with E-state index in [4.69, 9.17) is 16.7 Å². The molecule has 0 aliphatic rings. The van der Waals surface area contributed by atoms with E-state index in [1.807, 2.05) is 0 Å². The fourth-order valence-corrected chi connectivity index (χ4v) is 3.60. The van der Waals surface area contributed by atoms with E-state index in [1.165, 1.54) is 10.4 Å². The summed E-state index contributed by atoms with van der Waals surface area (Å²) in [5, 5.41) is 8.59. The highest BCUT2D eigenvalue weighted by Crippen LogP contribution is 2.23. The molecule has 0 aliphatic carbocycles. The normalized spacial score (nSPS) is 12.4. The largest absolute Gasteiger partial charge is 0.396 e. The van der Waals surface area contributed by atoms with Gasteiger partial charge < -0.3 is 5.11 Å². The van der Waals surface area contributed by atoms with Crippen molar-refractivity contribution in [2.75, 3.05) is 13.2 Å². The first-order chi connectivity index (χ1) is 8.80. The van der Waals surface area contributed by atoms with Gasteiger partial charge in [-0.2, -0.15) is 4.31 Å². The first-order valence-corrected chi connectivity index (χ1v) is 7.70. The molecule has 0 unspecified atom stereocenters. The summed E-state index contributed by atoms with van der Waals surface area (Å²) in [6, 6.07) is 3.05. The maximum atomic E-state index is 13.1. The molecule has 0 amide bonds. The Kier molecular flexibility index (Phi) is 5.73. The van der Waals surface area contributed by atoms with E-state index in [1.54, 1.807) is 13.8 Å². The van der Waals surface area contributed by atoms with Gasteiger partial charge in [0.15, 0.2) is 0 Å². The van der Waals surface area contributed by atoms with Crippen molar-refractivity contribution in [2.24, 2.45) is 0 Å². The molecular formula is C12H17ClFNO3S. The minimum Gasteiger partial charge on any atom is -0.396 e. The Bertz CT molecular complexity index is 534. The highest BCUT2D eigenvalue weighted by molar-refractivity contribution is 7.89. The molecule has 0 radical (unpaired) electrons. The van der Waals surface area contributed by atoms with Crippen LogP contribution in [0.25, 0.3) is 0 Å². The third-order valence-corrected chi connectivity index (χ3v) is 4.97. The van der Waals surface area contributed by atoms with E-state index in [0.29, 0.717) is 6.42 Å². The third kappa shape index (κ3) is 3.89. The average molecular weight is 310 g/mol. The van der Waals surface area contributed by atoms with E-state index in [0.717, 1.165) is 12.1 Å². The van der Waals surface area contributed by atoms with Crippen LogP contribution in [-0.2, 0) is 10.0 Å². The van der Waals surface area contributed by atoms with Gasteiger partial charge in [-0.3, -0.25) is 0 Å². The number of rotatable bonds is 6. The van der Waals surface area contributed by atoms with E-state index >= 15 is 0 Å². The van der Waals surface area contributed by atoms with Crippen molar-refractivity contribution in [3.8, 4) is 0 Å². The number of nitrogens with zero attached hydrogens (tertiary/aromatic N) is 1. The van der Waals surface area contributed by atoms with Crippen molar-refractivity contribution < 1.29 is 17.9 Å². The number of halogens is 2. The van der Waals surface area contributed by atoms with Crippen molar-refractivity contribution >= 4 is 21.6 Å². The fourth-order valence-electron chi connectivity index (χ4n) is 1.66. The van der Waals surface area contributed by atoms with Crippen molar-refractivity contribution in [3.05, 3.63) is 29.0 Å². The van der Waals surface area contributed by atoms with E-state index in [9.17, 15) is 12.8 Å². The third-order valence-electron chi connectivity index (χ3n) is 2.61. The van der Waals surface area contributed by atoms with Crippen LogP contribution in [0.2, 0.25) is 5.02 Å². The lowest BCUT2D eigenvalue weighted by Gasteiger charge is -2.25. The molecule has 1 N–H and O–H groups in total. The molecule has 1 aromatic rings. The lowest BCUT2D eigenvalue weighted by molar-refractivity contribution is 0.258. The van der Waals surface area contributed by atoms with Gasteiger partial charge in [-0.1, -0.05) is 11.6 Å². The first kappa shape index (κ1) is 16.4. The summed E-state index contributed by atoms with van der Waals surface area (Å²) < 4.78 is 39.1. The number of hydrogen-bond acceptors (Lipinski definition) is 3. The molecule has 1 rings (SSSR count). The van der Waals surface area contributed by atoms with E-state index < -0.39 is 15.8 Å². The van der Waals surface area contributed by atoms with Crippen LogP contribution in [0, 0.1) is 5.82 Å². The standard InChI is InChI=1S/C12H17ClFNO3S/c1-9(2)15(6-3-7-16)19(17,18)10-4-5-12(14)11(13)8-10/h4-5,8-9,16H,3,6-7H2,1-2H3. The smallest absolute Gasteiger partial charge is 0.243 e. The van der Waals surface area contributed by atoms with Crippen LogP contribution in [0.1, 0.15) is 20.3 Å². The van der Waals surface area contributed by atoms with Crippen molar-refractivity contribution in [2.45, 2.75) is 31.2 Å². The molecule has 0 saturated carbocycles. The summed E-state index contributed by atoms with van der Waals surface area (Å²) in [4.78, 5) is -0.0504. The number of sulfonamides is 1. The molecule has 0 heterocycles. The number of aliphatic hydroxyl groups excluding tert-OH is 1. The van der Waals surface area contributed by atoms with E-state index in [2.05, 4.69) is 0 Å². The maximum absolute atomic E-state index is 13.1. The predicted octanol–water partition coefficient (Wildman–Crippen LogP) is 2.26. The molecule has 0 aromatic heterocycles. The molecule has 0 fully saturated rings. The number of hydrogen-bond donors (Lipinski definition) is 1. The minimum atomic E-state index is -3.74. The number of aliphatic hydroxyl groups is 1. The molecule has 0 atom stereocenters. The zero-order chi connectivity index (χ0) is 14.6. The van der Waals surface area contributed by atoms with Gasteiger partial charge in [0, 0.05) is 19.2 Å². The predicted molar refractivity (Wildman–Crippen MR) is 72.1 cm³/mol. The molecule has 0 aliphatic heterocycles. The molecule has 0 bridgehead atoms. The summed E-state index contributed by atoms with van der Waals surface area (Å²) in [5.41, 5.74) is 0. The molecule has 0 saturated heterocycles. The van der Waals surface area contributed by atoms with Crippen LogP contribution in [0.15, 0.2) is 23.1 Å². The highest BCUT2D eigenvalue weighted by atomic mass is 35.5. The average Bonchev–Trinajstić information content (AvgIpc) is 2.32. The molecule has 4 nitrogen and oxygen atoms in total. The Balaban J connectivity index is 3.15. The van der Waals surface area contributed by atoms with Gasteiger partial charge in [0.2, 0.25) is 10.0 Å². The fraction of sp³-hybridized carbons (Fsp3) is 0.500. The Morgan fingerprint density at radius 3 is 2.53 bits per heavy atom. The molecule has 0 spiro atoms. The Morgan fingerprint density at radius 2 is 2.05 bits per heavy atom. The quantitative estimate of drug-likeness (QED) is 0.877. The zero-order valence-corrected chi connectivity index (χ0v) is 12.4. The minimum absolute atomic E-state index is 0.0504. The lowest BCUT2D eigenvalue weighted by atomic mass is 10.3. The van der Waals surface area contributed by atoms with Crippen molar-refractivity contribution in [1.82, 2.24) is 4.31 Å². The lowest BCUT2D eigenvalue weighted by Crippen LogP contribution is -2.38. The second-order valence-corrected chi connectivity index (χ2v) is 6.66. The van der Waals surface area contributed by atoms with Gasteiger partial charge in [-0.05, 0) is 38.5 Å². The second kappa shape index (κ2) is 6.65. The number of benzene rings is 1. The van der Waals surface area contributed by atoms with Gasteiger partial charge in [-0.15, -0.1) is 0 Å². The monoisotopic (exact) mass is 309 g/mol. The molecular weight excluding hydrogens is 293 g/mol. The van der Waals surface area contributed by atoms with Gasteiger partial charge in [0.05, 0.1) is 9.92 Å². The topological polar surface area (TPSA) is 57.6 Å². The van der Waals surface area contributed by atoms with Gasteiger partial charge in [-0.25, -0.2) is 12.8 Å². The van der Waals surface area contributed by atoms with Crippen LogP contribution in [0.3, 0.4) is 0 Å². The molecule has 7 heteroatoms. The van der Waals surface area contributed by atoms with Gasteiger partial charge in [0.25, 0.3) is 0 Å². The Hall–Kier alpha value is -0.690. The Morgan fingerprint density at radius 1 is 1.42 bits per heavy atom. The zero-order valence-electron chi connectivity index (χ0n) is 10.8. The molecule has 108 valence electrons. The van der Waals surface area contributed by atoms with Crippen LogP contribution < -0.4 is 0 Å². The highest BCUT2D eigenvalue weighted by Gasteiger charge is 2.27. The van der Waals surface area contributed by atoms with Crippen molar-refractivity contribution in [1.29, 1.82) is 0 Å². The SMILES string of the molecule is CC(C)N(CCCO)S(=O)(=O)c1ccc(F)c(Cl)c1. The first-order valence-electron chi connectivity index (χ1n) is 5.88. The van der Waals surface area contributed by atoms with Crippen LogP contribution >= 0.6 is 11.6 Å². The molecule has 1 aromatic carbocycles. The second-order valence-electron chi connectivity index (χ2n) is 4.36. The summed E-state index contributed by atoms with van der Waals surface area (Å²) in [6.07, 6.45) is 0.340. The van der Waals surface area contributed by atoms with Gasteiger partial charge >= 0.3 is 0 Å². The van der Waals surface area contributed by atoms with Crippen molar-refractivity contribution in [3.63, 3.8) is 0 Å². The summed E-state index contributed by atoms with van der Waals surface area (Å²) in [5.74, 6) is -0.660. The Labute approximate surface area is 117 Å². The molecule has 19 heavy (non-hydrogen) atoms. The van der Waals surface area contributed by atoms with Crippen LogP contribution in [0.5, 0.6) is 0 Å². The summed E-state index contributed by atoms with van der Waals surface area (Å²) >= 11 is 5.61. The van der Waals surface area contributed by atoms with Gasteiger partial charge in [0.1, 0.15) is 5.82 Å². The summed E-state index contributed by atoms with van der Waals surface area (Å²) in [7, 11) is -3.74. The maximum Gasteiger partial charge on any atom is 0.243 e.